The van der Waals surface area contributed by atoms with Crippen molar-refractivity contribution in [3.63, 3.8) is 0 Å². The number of aromatic nitrogens is 3. The van der Waals surface area contributed by atoms with Crippen molar-refractivity contribution in [3.05, 3.63) is 36.3 Å². The molecule has 4 heteroatoms. The van der Waals surface area contributed by atoms with Crippen molar-refractivity contribution in [1.82, 2.24) is 14.7 Å². The van der Waals surface area contributed by atoms with Crippen LogP contribution in [0.3, 0.4) is 0 Å². The van der Waals surface area contributed by atoms with Crippen molar-refractivity contribution < 1.29 is 4.84 Å². The summed E-state index contributed by atoms with van der Waals surface area (Å²) < 4.78 is 1.81. The highest BCUT2D eigenvalue weighted by atomic mass is 16.6. The minimum atomic E-state index is 0.302. The van der Waals surface area contributed by atoms with E-state index in [0.717, 1.165) is 27.8 Å². The Hall–Kier alpha value is -2.10. The summed E-state index contributed by atoms with van der Waals surface area (Å²) in [6.07, 6.45) is 1.80. The second-order valence-electron chi connectivity index (χ2n) is 4.61. The Bertz CT molecular complexity index is 715. The molecule has 0 aliphatic carbocycles. The molecule has 0 saturated carbocycles. The van der Waals surface area contributed by atoms with E-state index < -0.39 is 0 Å². The molecule has 0 amide bonds. The quantitative estimate of drug-likeness (QED) is 0.692. The van der Waals surface area contributed by atoms with Crippen molar-refractivity contribution in [1.29, 1.82) is 0 Å². The van der Waals surface area contributed by atoms with E-state index in [2.05, 4.69) is 23.8 Å². The van der Waals surface area contributed by atoms with Gasteiger partial charge in [-0.1, -0.05) is 32.0 Å². The van der Waals surface area contributed by atoms with Crippen molar-refractivity contribution in [2.45, 2.75) is 19.8 Å². The molecule has 0 saturated heterocycles. The molecule has 3 rings (SSSR count). The number of fused-ring (bicyclic) bond motifs is 3. The van der Waals surface area contributed by atoms with Crippen LogP contribution in [0, 0.1) is 0 Å². The topological polar surface area (TPSA) is 39.9 Å². The number of benzene rings is 1. The van der Waals surface area contributed by atoms with Crippen LogP contribution in [-0.4, -0.2) is 21.8 Å². The minimum absolute atomic E-state index is 0.302. The van der Waals surface area contributed by atoms with Crippen LogP contribution in [0.25, 0.3) is 21.9 Å². The van der Waals surface area contributed by atoms with E-state index in [4.69, 9.17) is 4.84 Å². The van der Waals surface area contributed by atoms with Gasteiger partial charge >= 0.3 is 0 Å². The highest BCUT2D eigenvalue weighted by Crippen LogP contribution is 2.26. The summed E-state index contributed by atoms with van der Waals surface area (Å²) in [6.45, 7) is 4.21. The number of pyridine rings is 1. The minimum Gasteiger partial charge on any atom is -0.415 e. The molecule has 1 aromatic carbocycles. The monoisotopic (exact) mass is 241 g/mol. The maximum absolute atomic E-state index is 5.49. The summed E-state index contributed by atoms with van der Waals surface area (Å²) in [6, 6.07) is 8.03. The van der Waals surface area contributed by atoms with Gasteiger partial charge in [0.15, 0.2) is 0 Å². The fourth-order valence-corrected chi connectivity index (χ4v) is 2.24. The van der Waals surface area contributed by atoms with Crippen LogP contribution in [-0.2, 0) is 0 Å². The normalized spacial score (nSPS) is 11.6. The first-order valence-electron chi connectivity index (χ1n) is 6.03. The fraction of sp³-hybridized carbons (Fsp3) is 0.286. The van der Waals surface area contributed by atoms with Crippen LogP contribution < -0.4 is 4.84 Å². The molecule has 3 aromatic rings. The largest absolute Gasteiger partial charge is 0.415 e. The third-order valence-electron chi connectivity index (χ3n) is 3.07. The van der Waals surface area contributed by atoms with Gasteiger partial charge in [0.25, 0.3) is 0 Å². The zero-order valence-electron chi connectivity index (χ0n) is 10.7. The maximum Gasteiger partial charge on any atom is 0.148 e. The van der Waals surface area contributed by atoms with Crippen molar-refractivity contribution >= 4 is 21.9 Å². The zero-order chi connectivity index (χ0) is 12.7. The van der Waals surface area contributed by atoms with E-state index in [-0.39, 0.29) is 0 Å². The first-order valence-corrected chi connectivity index (χ1v) is 6.03. The molecule has 0 aliphatic heterocycles. The molecule has 0 fully saturated rings. The highest BCUT2D eigenvalue weighted by molar-refractivity contribution is 6.02. The Balaban J connectivity index is 2.48. The Labute approximate surface area is 105 Å². The number of nitrogens with zero attached hydrogens (tertiary/aromatic N) is 3. The smallest absolute Gasteiger partial charge is 0.148 e. The number of hydrogen-bond acceptors (Lipinski definition) is 3. The van der Waals surface area contributed by atoms with Crippen LogP contribution in [0.15, 0.2) is 30.5 Å². The number of para-hydroxylation sites is 1. The van der Waals surface area contributed by atoms with E-state index >= 15 is 0 Å². The van der Waals surface area contributed by atoms with Crippen LogP contribution in [0.1, 0.15) is 25.6 Å². The van der Waals surface area contributed by atoms with Gasteiger partial charge in [0.2, 0.25) is 0 Å². The predicted molar refractivity (Wildman–Crippen MR) is 71.6 cm³/mol. The molecular weight excluding hydrogens is 226 g/mol. The molecule has 0 atom stereocenters. The number of imidazole rings is 1. The van der Waals surface area contributed by atoms with Crippen molar-refractivity contribution in [2.24, 2.45) is 0 Å². The first kappa shape index (κ1) is 11.0. The van der Waals surface area contributed by atoms with Crippen molar-refractivity contribution in [3.8, 4) is 0 Å². The summed E-state index contributed by atoms with van der Waals surface area (Å²) in [5.41, 5.74) is 2.82. The molecular formula is C14H15N3O. The number of hydrogen-bond donors (Lipinski definition) is 0. The van der Waals surface area contributed by atoms with Gasteiger partial charge < -0.3 is 4.84 Å². The highest BCUT2D eigenvalue weighted by Gasteiger charge is 2.16. The average molecular weight is 241 g/mol. The van der Waals surface area contributed by atoms with Gasteiger partial charge in [-0.15, -0.1) is 0 Å². The molecule has 0 N–H and O–H groups in total. The van der Waals surface area contributed by atoms with E-state index in [0.29, 0.717) is 5.92 Å². The van der Waals surface area contributed by atoms with Crippen LogP contribution >= 0.6 is 0 Å². The van der Waals surface area contributed by atoms with Gasteiger partial charge in [0.05, 0.1) is 11.7 Å². The van der Waals surface area contributed by atoms with Gasteiger partial charge in [0.1, 0.15) is 24.0 Å². The Morgan fingerprint density at radius 1 is 1.17 bits per heavy atom. The third kappa shape index (κ3) is 1.45. The third-order valence-corrected chi connectivity index (χ3v) is 3.07. The second-order valence-corrected chi connectivity index (χ2v) is 4.61. The SMILES string of the molecule is COn1c(C(C)C)nc2cnc3ccccc3c21. The molecule has 2 aromatic heterocycles. The summed E-state index contributed by atoms with van der Waals surface area (Å²) >= 11 is 0. The Morgan fingerprint density at radius 2 is 1.94 bits per heavy atom. The summed E-state index contributed by atoms with van der Waals surface area (Å²) in [4.78, 5) is 14.5. The fourth-order valence-electron chi connectivity index (χ4n) is 2.24. The zero-order valence-corrected chi connectivity index (χ0v) is 10.7. The van der Waals surface area contributed by atoms with Crippen LogP contribution in [0.4, 0.5) is 0 Å². The van der Waals surface area contributed by atoms with Gasteiger partial charge in [0, 0.05) is 11.3 Å². The molecule has 0 spiro atoms. The lowest BCUT2D eigenvalue weighted by molar-refractivity contribution is 0.166. The molecule has 0 aliphatic rings. The number of rotatable bonds is 2. The van der Waals surface area contributed by atoms with Crippen LogP contribution in [0.5, 0.6) is 0 Å². The summed E-state index contributed by atoms with van der Waals surface area (Å²) in [5, 5.41) is 1.07. The Morgan fingerprint density at radius 3 is 2.67 bits per heavy atom. The van der Waals surface area contributed by atoms with E-state index in [1.807, 2.05) is 29.0 Å². The van der Waals surface area contributed by atoms with E-state index in [1.54, 1.807) is 13.3 Å². The molecule has 0 bridgehead atoms. The molecule has 0 unspecified atom stereocenters. The summed E-state index contributed by atoms with van der Waals surface area (Å²) in [5.74, 6) is 1.22. The predicted octanol–water partition coefficient (Wildman–Crippen LogP) is 2.77. The molecule has 2 heterocycles. The van der Waals surface area contributed by atoms with Gasteiger partial charge in [-0.3, -0.25) is 4.98 Å². The average Bonchev–Trinajstić information content (AvgIpc) is 2.77. The lowest BCUT2D eigenvalue weighted by atomic mass is 10.2. The lowest BCUT2D eigenvalue weighted by Crippen LogP contribution is -2.11. The lowest BCUT2D eigenvalue weighted by Gasteiger charge is -2.09. The van der Waals surface area contributed by atoms with Gasteiger partial charge in [-0.2, -0.15) is 4.73 Å². The molecule has 0 radical (unpaired) electrons. The van der Waals surface area contributed by atoms with Crippen LogP contribution in [0.2, 0.25) is 0 Å². The molecule has 92 valence electrons. The second kappa shape index (κ2) is 3.98. The maximum atomic E-state index is 5.49. The molecule has 18 heavy (non-hydrogen) atoms. The van der Waals surface area contributed by atoms with Gasteiger partial charge in [-0.05, 0) is 6.07 Å². The summed E-state index contributed by atoms with van der Waals surface area (Å²) in [7, 11) is 1.67. The van der Waals surface area contributed by atoms with Crippen molar-refractivity contribution in [2.75, 3.05) is 7.11 Å². The van der Waals surface area contributed by atoms with Gasteiger partial charge in [-0.25, -0.2) is 4.98 Å². The van der Waals surface area contributed by atoms with E-state index in [9.17, 15) is 0 Å². The standard InChI is InChI=1S/C14H15N3O/c1-9(2)14-16-12-8-15-11-7-5-4-6-10(11)13(12)17(14)18-3/h4-9H,1-3H3. The first-order chi connectivity index (χ1) is 8.72. The van der Waals surface area contributed by atoms with E-state index in [1.165, 1.54) is 0 Å². The molecule has 4 nitrogen and oxygen atoms in total. The Kier molecular flexibility index (Phi) is 2.44.